The van der Waals surface area contributed by atoms with E-state index in [4.69, 9.17) is 33.2 Å². The summed E-state index contributed by atoms with van der Waals surface area (Å²) >= 11 is 15.4. The lowest BCUT2D eigenvalue weighted by Gasteiger charge is -2.08. The quantitative estimate of drug-likeness (QED) is 0.272. The maximum absolute atomic E-state index is 6.12. The molecule has 4 rings (SSSR count). The zero-order valence-corrected chi connectivity index (χ0v) is 16.1. The second-order valence-corrected chi connectivity index (χ2v) is 8.11. The summed E-state index contributed by atoms with van der Waals surface area (Å²) in [7, 11) is 0. The molecule has 0 aliphatic carbocycles. The Kier molecular flexibility index (Phi) is 4.95. The Morgan fingerprint density at radius 3 is 2.60 bits per heavy atom. The third-order valence-electron chi connectivity index (χ3n) is 3.67. The minimum atomic E-state index is 0.572. The predicted molar refractivity (Wildman–Crippen MR) is 109 cm³/mol. The molecule has 0 aliphatic heterocycles. The highest BCUT2D eigenvalue weighted by Gasteiger charge is 2.11. The molecule has 2 aromatic carbocycles. The largest absolute Gasteiger partial charge is 0.227 e. The lowest BCUT2D eigenvalue weighted by atomic mass is 10.2. The molecule has 2 nitrogen and oxygen atoms in total. The standard InChI is InChI=1S/C19H12Cl2N2S2/c20-14-8-7-12(10-15(14)21)11-25-19-13-4-1-2-5-16(13)22-18(23-19)17-6-3-9-24-17/h1-10H,11H2. The lowest BCUT2D eigenvalue weighted by molar-refractivity contribution is 1.11. The smallest absolute Gasteiger partial charge is 0.171 e. The Morgan fingerprint density at radius 1 is 0.920 bits per heavy atom. The molecule has 2 aromatic heterocycles. The molecule has 0 N–H and O–H groups in total. The lowest BCUT2D eigenvalue weighted by Crippen LogP contribution is -1.93. The maximum atomic E-state index is 6.12. The van der Waals surface area contributed by atoms with Crippen molar-refractivity contribution in [1.29, 1.82) is 0 Å². The van der Waals surface area contributed by atoms with Gasteiger partial charge < -0.3 is 0 Å². The molecular formula is C19H12Cl2N2S2. The van der Waals surface area contributed by atoms with Crippen LogP contribution in [0.3, 0.4) is 0 Å². The summed E-state index contributed by atoms with van der Waals surface area (Å²) < 4.78 is 0. The summed E-state index contributed by atoms with van der Waals surface area (Å²) in [6.07, 6.45) is 0. The van der Waals surface area contributed by atoms with Gasteiger partial charge in [0.05, 0.1) is 20.4 Å². The molecule has 0 unspecified atom stereocenters. The fourth-order valence-corrected chi connectivity index (χ4v) is 4.39. The molecule has 0 saturated heterocycles. The van der Waals surface area contributed by atoms with Crippen molar-refractivity contribution in [1.82, 2.24) is 9.97 Å². The predicted octanol–water partition coefficient (Wildman–Crippen LogP) is 6.96. The zero-order valence-electron chi connectivity index (χ0n) is 12.9. The number of hydrogen-bond donors (Lipinski definition) is 0. The molecule has 0 saturated carbocycles. The van der Waals surface area contributed by atoms with Gasteiger partial charge in [0.2, 0.25) is 0 Å². The number of benzene rings is 2. The van der Waals surface area contributed by atoms with Crippen LogP contribution in [0.5, 0.6) is 0 Å². The van der Waals surface area contributed by atoms with E-state index in [-0.39, 0.29) is 0 Å². The normalized spacial score (nSPS) is 11.1. The van der Waals surface area contributed by atoms with Crippen molar-refractivity contribution in [3.05, 3.63) is 75.6 Å². The molecule has 0 radical (unpaired) electrons. The van der Waals surface area contributed by atoms with Gasteiger partial charge in [0.25, 0.3) is 0 Å². The van der Waals surface area contributed by atoms with Gasteiger partial charge >= 0.3 is 0 Å². The molecule has 0 fully saturated rings. The van der Waals surface area contributed by atoms with Gasteiger partial charge in [-0.1, -0.05) is 53.5 Å². The van der Waals surface area contributed by atoms with Crippen LogP contribution in [0.2, 0.25) is 10.0 Å². The van der Waals surface area contributed by atoms with Crippen LogP contribution in [0.25, 0.3) is 21.6 Å². The van der Waals surface area contributed by atoms with E-state index >= 15 is 0 Å². The van der Waals surface area contributed by atoms with Crippen LogP contribution >= 0.6 is 46.3 Å². The third kappa shape index (κ3) is 3.67. The van der Waals surface area contributed by atoms with E-state index in [0.29, 0.717) is 10.0 Å². The van der Waals surface area contributed by atoms with Crippen molar-refractivity contribution in [3.63, 3.8) is 0 Å². The van der Waals surface area contributed by atoms with Crippen molar-refractivity contribution >= 4 is 57.2 Å². The Morgan fingerprint density at radius 2 is 1.80 bits per heavy atom. The zero-order chi connectivity index (χ0) is 17.2. The maximum Gasteiger partial charge on any atom is 0.171 e. The molecule has 0 bridgehead atoms. The Bertz CT molecular complexity index is 1030. The molecule has 6 heteroatoms. The van der Waals surface area contributed by atoms with Crippen molar-refractivity contribution in [2.24, 2.45) is 0 Å². The monoisotopic (exact) mass is 402 g/mol. The van der Waals surface area contributed by atoms with Crippen molar-refractivity contribution in [2.75, 3.05) is 0 Å². The van der Waals surface area contributed by atoms with E-state index < -0.39 is 0 Å². The van der Waals surface area contributed by atoms with Crippen LogP contribution < -0.4 is 0 Å². The molecule has 4 aromatic rings. The number of halogens is 2. The number of aromatic nitrogens is 2. The van der Waals surface area contributed by atoms with Crippen molar-refractivity contribution in [3.8, 4) is 10.7 Å². The number of thiophene rings is 1. The SMILES string of the molecule is Clc1ccc(CSc2nc(-c3cccs3)nc3ccccc23)cc1Cl. The number of hydrogen-bond acceptors (Lipinski definition) is 4. The summed E-state index contributed by atoms with van der Waals surface area (Å²) in [6.45, 7) is 0. The number of para-hydroxylation sites is 1. The van der Waals surface area contributed by atoms with Crippen LogP contribution in [-0.4, -0.2) is 9.97 Å². The fourth-order valence-electron chi connectivity index (χ4n) is 2.45. The first kappa shape index (κ1) is 16.9. The van der Waals surface area contributed by atoms with E-state index in [9.17, 15) is 0 Å². The molecule has 25 heavy (non-hydrogen) atoms. The third-order valence-corrected chi connectivity index (χ3v) is 6.34. The molecule has 2 heterocycles. The van der Waals surface area contributed by atoms with Gasteiger partial charge in [-0.15, -0.1) is 23.1 Å². The summed E-state index contributed by atoms with van der Waals surface area (Å²) in [6, 6.07) is 17.9. The minimum absolute atomic E-state index is 0.572. The van der Waals surface area contributed by atoms with Crippen LogP contribution in [0.4, 0.5) is 0 Å². The van der Waals surface area contributed by atoms with Crippen LogP contribution in [0.1, 0.15) is 5.56 Å². The van der Waals surface area contributed by atoms with E-state index in [1.54, 1.807) is 23.1 Å². The molecule has 0 aliphatic rings. The fraction of sp³-hybridized carbons (Fsp3) is 0.0526. The molecule has 124 valence electrons. The molecular weight excluding hydrogens is 391 g/mol. The molecule has 0 atom stereocenters. The van der Waals surface area contributed by atoms with Gasteiger partial charge in [-0.3, -0.25) is 0 Å². The average molecular weight is 403 g/mol. The Hall–Kier alpha value is -1.59. The van der Waals surface area contributed by atoms with Gasteiger partial charge in [-0.05, 0) is 35.2 Å². The Balaban J connectivity index is 1.71. The first-order valence-corrected chi connectivity index (χ1v) is 10.2. The van der Waals surface area contributed by atoms with Crippen LogP contribution in [-0.2, 0) is 5.75 Å². The second kappa shape index (κ2) is 7.34. The highest BCUT2D eigenvalue weighted by Crippen LogP contribution is 2.32. The summed E-state index contributed by atoms with van der Waals surface area (Å²) in [5.74, 6) is 1.53. The summed E-state index contributed by atoms with van der Waals surface area (Å²) in [4.78, 5) is 10.6. The van der Waals surface area contributed by atoms with Crippen LogP contribution in [0.15, 0.2) is 65.0 Å². The van der Waals surface area contributed by atoms with Crippen molar-refractivity contribution in [2.45, 2.75) is 10.8 Å². The van der Waals surface area contributed by atoms with Gasteiger partial charge in [0.15, 0.2) is 5.82 Å². The first-order chi connectivity index (χ1) is 12.2. The van der Waals surface area contributed by atoms with Crippen molar-refractivity contribution < 1.29 is 0 Å². The molecule has 0 amide bonds. The Labute approximate surface area is 163 Å². The van der Waals surface area contributed by atoms with E-state index in [2.05, 4.69) is 6.07 Å². The van der Waals surface area contributed by atoms with Gasteiger partial charge in [0.1, 0.15) is 5.03 Å². The minimum Gasteiger partial charge on any atom is -0.227 e. The van der Waals surface area contributed by atoms with E-state index in [1.165, 1.54) is 0 Å². The highest BCUT2D eigenvalue weighted by molar-refractivity contribution is 7.98. The van der Waals surface area contributed by atoms with Gasteiger partial charge in [-0.25, -0.2) is 9.97 Å². The van der Waals surface area contributed by atoms with E-state index in [0.717, 1.165) is 37.9 Å². The first-order valence-electron chi connectivity index (χ1n) is 7.58. The highest BCUT2D eigenvalue weighted by atomic mass is 35.5. The second-order valence-electron chi connectivity index (χ2n) is 5.38. The summed E-state index contributed by atoms with van der Waals surface area (Å²) in [5.41, 5.74) is 2.07. The number of nitrogens with zero attached hydrogens (tertiary/aromatic N) is 2. The number of rotatable bonds is 4. The van der Waals surface area contributed by atoms with Gasteiger partial charge in [0, 0.05) is 11.1 Å². The number of thioether (sulfide) groups is 1. The van der Waals surface area contributed by atoms with E-state index in [1.807, 2.05) is 53.9 Å². The summed E-state index contributed by atoms with van der Waals surface area (Å²) in [5, 5.41) is 5.22. The molecule has 0 spiro atoms. The van der Waals surface area contributed by atoms with Crippen LogP contribution in [0, 0.1) is 0 Å². The average Bonchev–Trinajstić information content (AvgIpc) is 3.17. The topological polar surface area (TPSA) is 25.8 Å². The van der Waals surface area contributed by atoms with Gasteiger partial charge in [-0.2, -0.15) is 0 Å². The number of fused-ring (bicyclic) bond motifs is 1.